The van der Waals surface area contributed by atoms with Gasteiger partial charge in [0.05, 0.1) is 5.69 Å². The minimum Gasteiger partial charge on any atom is -0.396 e. The van der Waals surface area contributed by atoms with Gasteiger partial charge in [-0.15, -0.1) is 0 Å². The van der Waals surface area contributed by atoms with Crippen LogP contribution in [0.3, 0.4) is 0 Å². The van der Waals surface area contributed by atoms with Crippen molar-refractivity contribution in [2.75, 3.05) is 24.8 Å². The largest absolute Gasteiger partial charge is 0.396 e. The van der Waals surface area contributed by atoms with Crippen LogP contribution in [0.4, 0.5) is 10.1 Å². The molecule has 2 N–H and O–H groups in total. The Balaban J connectivity index is 2.69. The molecule has 1 rings (SSSR count). The van der Waals surface area contributed by atoms with E-state index in [-0.39, 0.29) is 11.5 Å². The molecule has 0 bridgehead atoms. The van der Waals surface area contributed by atoms with Gasteiger partial charge in [0.25, 0.3) is 0 Å². The zero-order valence-electron chi connectivity index (χ0n) is 10.0. The number of benzene rings is 1. The SMILES string of the molecule is CSCC(C)N(C)Cc1cccc(F)c1N. The minimum absolute atomic E-state index is 0.269. The number of para-hydroxylation sites is 1. The molecular formula is C12H19FN2S. The summed E-state index contributed by atoms with van der Waals surface area (Å²) in [4.78, 5) is 2.18. The Morgan fingerprint density at radius 2 is 2.19 bits per heavy atom. The Morgan fingerprint density at radius 1 is 1.50 bits per heavy atom. The van der Waals surface area contributed by atoms with Crippen LogP contribution in [-0.2, 0) is 6.54 Å². The van der Waals surface area contributed by atoms with Crippen LogP contribution in [0, 0.1) is 5.82 Å². The maximum absolute atomic E-state index is 13.2. The number of thioether (sulfide) groups is 1. The predicted molar refractivity (Wildman–Crippen MR) is 70.1 cm³/mol. The van der Waals surface area contributed by atoms with Crippen molar-refractivity contribution >= 4 is 17.4 Å². The van der Waals surface area contributed by atoms with Gasteiger partial charge in [-0.3, -0.25) is 4.90 Å². The molecule has 0 spiro atoms. The van der Waals surface area contributed by atoms with Gasteiger partial charge in [0.2, 0.25) is 0 Å². The van der Waals surface area contributed by atoms with Gasteiger partial charge in [-0.2, -0.15) is 11.8 Å². The highest BCUT2D eigenvalue weighted by Gasteiger charge is 2.11. The van der Waals surface area contributed by atoms with E-state index in [0.29, 0.717) is 12.6 Å². The highest BCUT2D eigenvalue weighted by atomic mass is 32.2. The van der Waals surface area contributed by atoms with Crippen molar-refractivity contribution in [3.05, 3.63) is 29.6 Å². The van der Waals surface area contributed by atoms with E-state index in [1.54, 1.807) is 6.07 Å². The fraction of sp³-hybridized carbons (Fsp3) is 0.500. The van der Waals surface area contributed by atoms with Gasteiger partial charge in [0, 0.05) is 18.3 Å². The van der Waals surface area contributed by atoms with Crippen molar-refractivity contribution in [1.29, 1.82) is 0 Å². The van der Waals surface area contributed by atoms with Gasteiger partial charge in [-0.25, -0.2) is 4.39 Å². The van der Waals surface area contributed by atoms with E-state index in [2.05, 4.69) is 18.1 Å². The Kier molecular flexibility index (Phi) is 5.09. The van der Waals surface area contributed by atoms with Crippen LogP contribution < -0.4 is 5.73 Å². The molecule has 16 heavy (non-hydrogen) atoms. The summed E-state index contributed by atoms with van der Waals surface area (Å²) in [5.41, 5.74) is 6.82. The van der Waals surface area contributed by atoms with E-state index in [0.717, 1.165) is 11.3 Å². The second-order valence-electron chi connectivity index (χ2n) is 4.03. The van der Waals surface area contributed by atoms with Gasteiger partial charge >= 0.3 is 0 Å². The molecule has 0 saturated carbocycles. The molecule has 0 fully saturated rings. The fourth-order valence-electron chi connectivity index (χ4n) is 1.51. The van der Waals surface area contributed by atoms with Crippen molar-refractivity contribution in [2.24, 2.45) is 0 Å². The summed E-state index contributed by atoms with van der Waals surface area (Å²) in [6.07, 6.45) is 2.08. The first kappa shape index (κ1) is 13.3. The minimum atomic E-state index is -0.330. The maximum atomic E-state index is 13.2. The molecule has 1 unspecified atom stereocenters. The number of nitrogens with zero attached hydrogens (tertiary/aromatic N) is 1. The van der Waals surface area contributed by atoms with Crippen molar-refractivity contribution < 1.29 is 4.39 Å². The fourth-order valence-corrected chi connectivity index (χ4v) is 2.25. The molecule has 2 nitrogen and oxygen atoms in total. The summed E-state index contributed by atoms with van der Waals surface area (Å²) in [6, 6.07) is 5.43. The lowest BCUT2D eigenvalue weighted by Gasteiger charge is -2.24. The number of nitrogens with two attached hydrogens (primary N) is 1. The standard InChI is InChI=1S/C12H19FN2S/c1-9(8-16-3)15(2)7-10-5-4-6-11(13)12(10)14/h4-6,9H,7-8,14H2,1-3H3. The molecule has 0 aromatic heterocycles. The highest BCUT2D eigenvalue weighted by molar-refractivity contribution is 7.98. The Labute approximate surface area is 101 Å². The van der Waals surface area contributed by atoms with E-state index < -0.39 is 0 Å². The molecular weight excluding hydrogens is 223 g/mol. The second-order valence-corrected chi connectivity index (χ2v) is 4.94. The van der Waals surface area contributed by atoms with Crippen molar-refractivity contribution in [3.8, 4) is 0 Å². The molecule has 90 valence electrons. The van der Waals surface area contributed by atoms with E-state index >= 15 is 0 Å². The van der Waals surface area contributed by atoms with E-state index in [1.807, 2.05) is 24.9 Å². The number of hydrogen-bond donors (Lipinski definition) is 1. The maximum Gasteiger partial charge on any atom is 0.146 e. The number of rotatable bonds is 5. The average Bonchev–Trinajstić information content (AvgIpc) is 2.25. The topological polar surface area (TPSA) is 29.3 Å². The van der Waals surface area contributed by atoms with E-state index in [1.165, 1.54) is 6.07 Å². The molecule has 4 heteroatoms. The van der Waals surface area contributed by atoms with Crippen LogP contribution in [0.2, 0.25) is 0 Å². The predicted octanol–water partition coefficient (Wildman–Crippen LogP) is 2.59. The zero-order valence-corrected chi connectivity index (χ0v) is 10.9. The molecule has 0 heterocycles. The van der Waals surface area contributed by atoms with Crippen LogP contribution in [0.15, 0.2) is 18.2 Å². The summed E-state index contributed by atoms with van der Waals surface area (Å²) in [6.45, 7) is 2.84. The Bertz CT molecular complexity index is 344. The first-order valence-electron chi connectivity index (χ1n) is 5.28. The smallest absolute Gasteiger partial charge is 0.146 e. The molecule has 0 aliphatic rings. The van der Waals surface area contributed by atoms with Gasteiger partial charge in [0.15, 0.2) is 0 Å². The van der Waals surface area contributed by atoms with Crippen LogP contribution in [0.25, 0.3) is 0 Å². The zero-order chi connectivity index (χ0) is 12.1. The van der Waals surface area contributed by atoms with Gasteiger partial charge in [0.1, 0.15) is 5.82 Å². The van der Waals surface area contributed by atoms with Crippen molar-refractivity contribution in [2.45, 2.75) is 19.5 Å². The number of hydrogen-bond acceptors (Lipinski definition) is 3. The summed E-state index contributed by atoms with van der Waals surface area (Å²) in [5.74, 6) is 0.731. The van der Waals surface area contributed by atoms with E-state index in [4.69, 9.17) is 5.73 Å². The molecule has 1 aromatic rings. The third-order valence-corrected chi connectivity index (χ3v) is 3.54. The number of nitrogen functional groups attached to an aromatic ring is 1. The Hall–Kier alpha value is -0.740. The second kappa shape index (κ2) is 6.11. The summed E-state index contributed by atoms with van der Waals surface area (Å²) in [5, 5.41) is 0. The van der Waals surface area contributed by atoms with Crippen molar-refractivity contribution in [3.63, 3.8) is 0 Å². The normalized spacial score (nSPS) is 13.1. The summed E-state index contributed by atoms with van der Waals surface area (Å²) in [7, 11) is 2.03. The molecule has 1 atom stereocenters. The third kappa shape index (κ3) is 3.39. The molecule has 0 aliphatic carbocycles. The van der Waals surface area contributed by atoms with Crippen LogP contribution in [-0.4, -0.2) is 30.0 Å². The molecule has 1 aromatic carbocycles. The Morgan fingerprint density at radius 3 is 2.81 bits per heavy atom. The number of anilines is 1. The summed E-state index contributed by atoms with van der Waals surface area (Å²) < 4.78 is 13.2. The monoisotopic (exact) mass is 242 g/mol. The molecule has 0 aliphatic heterocycles. The van der Waals surface area contributed by atoms with Gasteiger partial charge in [-0.05, 0) is 31.9 Å². The van der Waals surface area contributed by atoms with Crippen LogP contribution >= 0.6 is 11.8 Å². The summed E-state index contributed by atoms with van der Waals surface area (Å²) >= 11 is 1.81. The van der Waals surface area contributed by atoms with Crippen LogP contribution in [0.1, 0.15) is 12.5 Å². The lowest BCUT2D eigenvalue weighted by atomic mass is 10.1. The van der Waals surface area contributed by atoms with Crippen molar-refractivity contribution in [1.82, 2.24) is 4.90 Å². The first-order valence-corrected chi connectivity index (χ1v) is 6.67. The quantitative estimate of drug-likeness (QED) is 0.805. The lowest BCUT2D eigenvalue weighted by molar-refractivity contribution is 0.270. The van der Waals surface area contributed by atoms with Gasteiger partial charge < -0.3 is 5.73 Å². The van der Waals surface area contributed by atoms with E-state index in [9.17, 15) is 4.39 Å². The first-order chi connectivity index (χ1) is 7.56. The third-order valence-electron chi connectivity index (χ3n) is 2.72. The molecule has 0 radical (unpaired) electrons. The highest BCUT2D eigenvalue weighted by Crippen LogP contribution is 2.18. The number of halogens is 1. The lowest BCUT2D eigenvalue weighted by Crippen LogP contribution is -2.30. The average molecular weight is 242 g/mol. The van der Waals surface area contributed by atoms with Crippen LogP contribution in [0.5, 0.6) is 0 Å². The van der Waals surface area contributed by atoms with Gasteiger partial charge in [-0.1, -0.05) is 12.1 Å². The molecule has 0 saturated heterocycles. The molecule has 0 amide bonds.